The zero-order chi connectivity index (χ0) is 19.0. The Kier molecular flexibility index (Phi) is 7.91. The van der Waals surface area contributed by atoms with Gasteiger partial charge in [0.05, 0.1) is 0 Å². The number of anilines is 1. The van der Waals surface area contributed by atoms with Crippen molar-refractivity contribution < 1.29 is 14.3 Å². The van der Waals surface area contributed by atoms with Crippen molar-refractivity contribution in [1.29, 1.82) is 0 Å². The van der Waals surface area contributed by atoms with Gasteiger partial charge in [0.2, 0.25) is 0 Å². The van der Waals surface area contributed by atoms with E-state index in [9.17, 15) is 4.79 Å². The number of likely N-dealkylation sites (N-methyl/N-ethyl adjacent to an activating group) is 1. The molecule has 0 heterocycles. The minimum absolute atomic E-state index is 0.0150. The number of hydrogen-bond donors (Lipinski definition) is 1. The molecule has 0 radical (unpaired) electrons. The number of carbonyl (C=O) groups excluding carboxylic acids is 1. The molecular formula is C21H34N2O3. The van der Waals surface area contributed by atoms with Gasteiger partial charge in [-0.1, -0.05) is 20.3 Å². The molecule has 1 fully saturated rings. The van der Waals surface area contributed by atoms with E-state index in [1.54, 1.807) is 0 Å². The molecule has 0 saturated heterocycles. The summed E-state index contributed by atoms with van der Waals surface area (Å²) in [7, 11) is 4.04. The summed E-state index contributed by atoms with van der Waals surface area (Å²) in [6, 6.07) is 7.58. The van der Waals surface area contributed by atoms with Crippen LogP contribution in [-0.2, 0) is 9.53 Å². The zero-order valence-corrected chi connectivity index (χ0v) is 16.7. The van der Waals surface area contributed by atoms with Crippen LogP contribution in [0.15, 0.2) is 24.3 Å². The van der Waals surface area contributed by atoms with Crippen molar-refractivity contribution in [2.24, 2.45) is 5.92 Å². The molecule has 1 aliphatic rings. The summed E-state index contributed by atoms with van der Waals surface area (Å²) in [5, 5.41) is 3.06. The Bertz CT molecular complexity index is 559. The maximum atomic E-state index is 13.0. The van der Waals surface area contributed by atoms with Crippen LogP contribution in [0.5, 0.6) is 5.75 Å². The molecule has 1 saturated carbocycles. The summed E-state index contributed by atoms with van der Waals surface area (Å²) in [5.74, 6) is 1.31. The first kappa shape index (κ1) is 20.7. The quantitative estimate of drug-likeness (QED) is 0.723. The predicted octanol–water partition coefficient (Wildman–Crippen LogP) is 3.94. The van der Waals surface area contributed by atoms with Crippen molar-refractivity contribution in [3.8, 4) is 5.75 Å². The molecule has 146 valence electrons. The van der Waals surface area contributed by atoms with Gasteiger partial charge in [-0.05, 0) is 70.0 Å². The number of nitrogens with zero attached hydrogens (tertiary/aromatic N) is 1. The van der Waals surface area contributed by atoms with E-state index in [-0.39, 0.29) is 5.91 Å². The van der Waals surface area contributed by atoms with E-state index in [0.29, 0.717) is 19.1 Å². The Balaban J connectivity index is 1.97. The molecule has 0 spiro atoms. The SMILES string of the molecule is CCCOC1(C(=O)Nc2ccc(OCCN(C)C)cc2)CCCC(C)C1. The topological polar surface area (TPSA) is 50.8 Å². The third kappa shape index (κ3) is 5.99. The number of rotatable bonds is 9. The fourth-order valence-electron chi connectivity index (χ4n) is 3.43. The van der Waals surface area contributed by atoms with Crippen molar-refractivity contribution in [2.75, 3.05) is 39.2 Å². The number of amides is 1. The van der Waals surface area contributed by atoms with Gasteiger partial charge in [0.15, 0.2) is 0 Å². The maximum absolute atomic E-state index is 13.0. The van der Waals surface area contributed by atoms with Crippen LogP contribution in [0.25, 0.3) is 0 Å². The summed E-state index contributed by atoms with van der Waals surface area (Å²) < 4.78 is 11.8. The summed E-state index contributed by atoms with van der Waals surface area (Å²) in [6.45, 7) is 6.42. The monoisotopic (exact) mass is 362 g/mol. The smallest absolute Gasteiger partial charge is 0.256 e. The summed E-state index contributed by atoms with van der Waals surface area (Å²) >= 11 is 0. The molecule has 2 unspecified atom stereocenters. The highest BCUT2D eigenvalue weighted by atomic mass is 16.5. The van der Waals surface area contributed by atoms with Crippen LogP contribution >= 0.6 is 0 Å². The first-order valence-electron chi connectivity index (χ1n) is 9.78. The minimum atomic E-state index is -0.686. The number of nitrogens with one attached hydrogen (secondary N) is 1. The van der Waals surface area contributed by atoms with Crippen LogP contribution in [0, 0.1) is 5.92 Å². The second-order valence-electron chi connectivity index (χ2n) is 7.67. The Morgan fingerprint density at radius 2 is 2.00 bits per heavy atom. The van der Waals surface area contributed by atoms with Gasteiger partial charge in [0.1, 0.15) is 18.0 Å². The van der Waals surface area contributed by atoms with E-state index in [1.165, 1.54) is 6.42 Å². The summed E-state index contributed by atoms with van der Waals surface area (Å²) in [6.07, 6.45) is 4.72. The average Bonchev–Trinajstić information content (AvgIpc) is 2.61. The molecule has 1 amide bonds. The lowest BCUT2D eigenvalue weighted by atomic mass is 9.78. The standard InChI is InChI=1S/C21H34N2O3/c1-5-14-26-21(12-6-7-17(2)16-21)20(24)22-18-8-10-19(11-9-18)25-15-13-23(3)4/h8-11,17H,5-7,12-16H2,1-4H3,(H,22,24). The molecule has 0 bridgehead atoms. The molecule has 0 aromatic heterocycles. The average molecular weight is 363 g/mol. The predicted molar refractivity (Wildman–Crippen MR) is 106 cm³/mol. The highest BCUT2D eigenvalue weighted by Gasteiger charge is 2.42. The van der Waals surface area contributed by atoms with E-state index < -0.39 is 5.60 Å². The van der Waals surface area contributed by atoms with Crippen LogP contribution < -0.4 is 10.1 Å². The van der Waals surface area contributed by atoms with Crippen molar-refractivity contribution in [3.05, 3.63) is 24.3 Å². The maximum Gasteiger partial charge on any atom is 0.256 e. The first-order chi connectivity index (χ1) is 12.4. The van der Waals surface area contributed by atoms with E-state index in [2.05, 4.69) is 24.1 Å². The van der Waals surface area contributed by atoms with Crippen molar-refractivity contribution >= 4 is 11.6 Å². The van der Waals surface area contributed by atoms with E-state index >= 15 is 0 Å². The molecule has 1 aliphatic carbocycles. The van der Waals surface area contributed by atoms with E-state index in [4.69, 9.17) is 9.47 Å². The van der Waals surface area contributed by atoms with E-state index in [1.807, 2.05) is 38.4 Å². The first-order valence-corrected chi connectivity index (χ1v) is 9.78. The van der Waals surface area contributed by atoms with Gasteiger partial charge in [0.25, 0.3) is 5.91 Å². The number of hydrogen-bond acceptors (Lipinski definition) is 4. The Hall–Kier alpha value is -1.59. The summed E-state index contributed by atoms with van der Waals surface area (Å²) in [4.78, 5) is 15.1. The lowest BCUT2D eigenvalue weighted by molar-refractivity contribution is -0.148. The Morgan fingerprint density at radius 1 is 1.27 bits per heavy atom. The van der Waals surface area contributed by atoms with Gasteiger partial charge < -0.3 is 19.7 Å². The second-order valence-corrected chi connectivity index (χ2v) is 7.67. The fourth-order valence-corrected chi connectivity index (χ4v) is 3.43. The van der Waals surface area contributed by atoms with Crippen LogP contribution in [0.1, 0.15) is 46.0 Å². The minimum Gasteiger partial charge on any atom is -0.492 e. The molecule has 5 nitrogen and oxygen atoms in total. The number of benzene rings is 1. The number of ether oxygens (including phenoxy) is 2. The van der Waals surface area contributed by atoms with Crippen molar-refractivity contribution in [1.82, 2.24) is 4.90 Å². The van der Waals surface area contributed by atoms with Gasteiger partial charge in [0, 0.05) is 18.8 Å². The molecule has 1 N–H and O–H groups in total. The molecule has 2 rings (SSSR count). The molecular weight excluding hydrogens is 328 g/mol. The van der Waals surface area contributed by atoms with Gasteiger partial charge >= 0.3 is 0 Å². The van der Waals surface area contributed by atoms with Crippen molar-refractivity contribution in [2.45, 2.75) is 51.6 Å². The fraction of sp³-hybridized carbons (Fsp3) is 0.667. The van der Waals surface area contributed by atoms with Crippen LogP contribution in [0.2, 0.25) is 0 Å². The molecule has 1 aromatic carbocycles. The lowest BCUT2D eigenvalue weighted by Gasteiger charge is -2.38. The van der Waals surface area contributed by atoms with Gasteiger partial charge in [-0.15, -0.1) is 0 Å². The molecule has 1 aromatic rings. The lowest BCUT2D eigenvalue weighted by Crippen LogP contribution is -2.48. The van der Waals surface area contributed by atoms with E-state index in [0.717, 1.165) is 43.7 Å². The van der Waals surface area contributed by atoms with Crippen LogP contribution in [0.3, 0.4) is 0 Å². The van der Waals surface area contributed by atoms with Gasteiger partial charge in [-0.3, -0.25) is 4.79 Å². The van der Waals surface area contributed by atoms with Gasteiger partial charge in [-0.2, -0.15) is 0 Å². The molecule has 5 heteroatoms. The normalized spacial score (nSPS) is 23.0. The number of carbonyl (C=O) groups is 1. The zero-order valence-electron chi connectivity index (χ0n) is 16.7. The highest BCUT2D eigenvalue weighted by molar-refractivity contribution is 5.97. The molecule has 0 aliphatic heterocycles. The second kappa shape index (κ2) is 9.93. The Morgan fingerprint density at radius 3 is 2.62 bits per heavy atom. The van der Waals surface area contributed by atoms with Crippen molar-refractivity contribution in [3.63, 3.8) is 0 Å². The van der Waals surface area contributed by atoms with Gasteiger partial charge in [-0.25, -0.2) is 0 Å². The summed E-state index contributed by atoms with van der Waals surface area (Å²) in [5.41, 5.74) is 0.0989. The highest BCUT2D eigenvalue weighted by Crippen LogP contribution is 2.36. The molecule has 26 heavy (non-hydrogen) atoms. The van der Waals surface area contributed by atoms with Crippen LogP contribution in [0.4, 0.5) is 5.69 Å². The third-order valence-corrected chi connectivity index (χ3v) is 4.87. The molecule has 2 atom stereocenters. The third-order valence-electron chi connectivity index (χ3n) is 4.87. The van der Waals surface area contributed by atoms with Crippen LogP contribution in [-0.4, -0.2) is 50.3 Å². The Labute approximate surface area is 158 Å². The largest absolute Gasteiger partial charge is 0.492 e.